The molecule has 3 N–H and O–H groups in total. The SMILES string of the molecule is COc1ccc(Cl)c(/C(O)=C2\C(=O)C(=O)N(c3ccccc3O)C2c2cccc(O)c2)c1. The van der Waals surface area contributed by atoms with Gasteiger partial charge in [0.25, 0.3) is 11.7 Å². The Bertz CT molecular complexity index is 1270. The van der Waals surface area contributed by atoms with Gasteiger partial charge in [0.1, 0.15) is 23.0 Å². The van der Waals surface area contributed by atoms with E-state index in [0.29, 0.717) is 11.3 Å². The third-order valence-electron chi connectivity index (χ3n) is 5.20. The van der Waals surface area contributed by atoms with Crippen LogP contribution in [0, 0.1) is 0 Å². The van der Waals surface area contributed by atoms with Gasteiger partial charge in [-0.25, -0.2) is 0 Å². The van der Waals surface area contributed by atoms with Crippen LogP contribution in [-0.4, -0.2) is 34.1 Å². The number of anilines is 1. The number of hydrogen-bond acceptors (Lipinski definition) is 6. The molecule has 0 aromatic heterocycles. The Balaban J connectivity index is 2.01. The molecule has 8 heteroatoms. The Morgan fingerprint density at radius 3 is 2.44 bits per heavy atom. The van der Waals surface area contributed by atoms with E-state index in [0.717, 1.165) is 4.90 Å². The first kappa shape index (κ1) is 21.3. The van der Waals surface area contributed by atoms with Crippen LogP contribution in [0.3, 0.4) is 0 Å². The molecular formula is C24H18ClNO6. The second-order valence-electron chi connectivity index (χ2n) is 7.10. The van der Waals surface area contributed by atoms with Crippen molar-refractivity contribution < 1.29 is 29.6 Å². The van der Waals surface area contributed by atoms with Gasteiger partial charge in [-0.1, -0.05) is 35.9 Å². The smallest absolute Gasteiger partial charge is 0.300 e. The van der Waals surface area contributed by atoms with Gasteiger partial charge in [-0.15, -0.1) is 0 Å². The van der Waals surface area contributed by atoms with E-state index in [-0.39, 0.29) is 33.3 Å². The fourth-order valence-corrected chi connectivity index (χ4v) is 3.92. The predicted molar refractivity (Wildman–Crippen MR) is 119 cm³/mol. The Morgan fingerprint density at radius 1 is 1.00 bits per heavy atom. The number of carbonyl (C=O) groups excluding carboxylic acids is 2. The van der Waals surface area contributed by atoms with E-state index >= 15 is 0 Å². The number of aliphatic hydroxyl groups excluding tert-OH is 1. The standard InChI is InChI=1S/C24H18ClNO6/c1-32-15-9-10-17(25)16(12-15)22(29)20-21(13-5-4-6-14(27)11-13)26(24(31)23(20)30)18-7-2-3-8-19(18)28/h2-12,21,27-29H,1H3/b22-20+. The molecule has 4 rings (SSSR count). The quantitative estimate of drug-likeness (QED) is 0.308. The number of para-hydroxylation sites is 2. The maximum atomic E-state index is 13.1. The molecule has 32 heavy (non-hydrogen) atoms. The van der Waals surface area contributed by atoms with Crippen LogP contribution in [0.5, 0.6) is 17.2 Å². The molecular weight excluding hydrogens is 434 g/mol. The molecule has 1 heterocycles. The van der Waals surface area contributed by atoms with Crippen molar-refractivity contribution in [1.29, 1.82) is 0 Å². The van der Waals surface area contributed by atoms with Crippen molar-refractivity contribution in [1.82, 2.24) is 0 Å². The topological polar surface area (TPSA) is 107 Å². The number of ketones is 1. The number of ether oxygens (including phenoxy) is 1. The van der Waals surface area contributed by atoms with Crippen LogP contribution >= 0.6 is 11.6 Å². The monoisotopic (exact) mass is 451 g/mol. The lowest BCUT2D eigenvalue weighted by molar-refractivity contribution is -0.132. The lowest BCUT2D eigenvalue weighted by atomic mass is 9.95. The van der Waals surface area contributed by atoms with Gasteiger partial charge >= 0.3 is 0 Å². The van der Waals surface area contributed by atoms with Gasteiger partial charge in [0.15, 0.2) is 0 Å². The Kier molecular flexibility index (Phi) is 5.50. The summed E-state index contributed by atoms with van der Waals surface area (Å²) >= 11 is 6.27. The second-order valence-corrected chi connectivity index (χ2v) is 7.51. The number of halogens is 1. The van der Waals surface area contributed by atoms with Gasteiger partial charge in [0.05, 0.1) is 29.4 Å². The number of benzene rings is 3. The van der Waals surface area contributed by atoms with Crippen molar-refractivity contribution in [2.45, 2.75) is 6.04 Å². The normalized spacial score (nSPS) is 17.6. The molecule has 0 spiro atoms. The van der Waals surface area contributed by atoms with Crippen LogP contribution in [0.1, 0.15) is 17.2 Å². The van der Waals surface area contributed by atoms with E-state index in [2.05, 4.69) is 0 Å². The predicted octanol–water partition coefficient (Wildman–Crippen LogP) is 4.39. The zero-order valence-corrected chi connectivity index (χ0v) is 17.6. The molecule has 1 fully saturated rings. The van der Waals surface area contributed by atoms with Crippen LogP contribution in [0.15, 0.2) is 72.3 Å². The number of rotatable bonds is 4. The molecule has 1 atom stereocenters. The van der Waals surface area contributed by atoms with E-state index in [9.17, 15) is 24.9 Å². The molecule has 1 amide bonds. The average Bonchev–Trinajstić information content (AvgIpc) is 3.04. The molecule has 1 saturated heterocycles. The minimum atomic E-state index is -1.13. The average molecular weight is 452 g/mol. The highest BCUT2D eigenvalue weighted by molar-refractivity contribution is 6.52. The molecule has 0 bridgehead atoms. The summed E-state index contributed by atoms with van der Waals surface area (Å²) in [6.45, 7) is 0. The molecule has 3 aromatic rings. The van der Waals surface area contributed by atoms with Crippen molar-refractivity contribution in [3.8, 4) is 17.2 Å². The zero-order chi connectivity index (χ0) is 23.0. The van der Waals surface area contributed by atoms with Crippen molar-refractivity contribution in [3.63, 3.8) is 0 Å². The van der Waals surface area contributed by atoms with Crippen molar-refractivity contribution in [2.75, 3.05) is 12.0 Å². The lowest BCUT2D eigenvalue weighted by Gasteiger charge is -2.26. The molecule has 7 nitrogen and oxygen atoms in total. The van der Waals surface area contributed by atoms with Gasteiger partial charge < -0.3 is 20.1 Å². The number of nitrogens with zero attached hydrogens (tertiary/aromatic N) is 1. The van der Waals surface area contributed by atoms with Crippen LogP contribution in [-0.2, 0) is 9.59 Å². The number of Topliss-reactive ketones (excluding diaryl/α,β-unsaturated/α-hetero) is 1. The van der Waals surface area contributed by atoms with E-state index in [1.807, 2.05) is 0 Å². The lowest BCUT2D eigenvalue weighted by Crippen LogP contribution is -2.29. The summed E-state index contributed by atoms with van der Waals surface area (Å²) < 4.78 is 5.18. The summed E-state index contributed by atoms with van der Waals surface area (Å²) in [5, 5.41) is 31.7. The fourth-order valence-electron chi connectivity index (χ4n) is 3.72. The Labute approximate surface area is 188 Å². The number of carbonyl (C=O) groups is 2. The number of aliphatic hydroxyl groups is 1. The first-order chi connectivity index (χ1) is 15.3. The molecule has 0 radical (unpaired) electrons. The number of amides is 1. The minimum Gasteiger partial charge on any atom is -0.508 e. The third-order valence-corrected chi connectivity index (χ3v) is 5.53. The van der Waals surface area contributed by atoms with Gasteiger partial charge in [0, 0.05) is 5.56 Å². The molecule has 1 unspecified atom stereocenters. The van der Waals surface area contributed by atoms with Crippen LogP contribution in [0.25, 0.3) is 5.76 Å². The molecule has 1 aliphatic rings. The maximum Gasteiger partial charge on any atom is 0.300 e. The fraction of sp³-hybridized carbons (Fsp3) is 0.0833. The third kappa shape index (κ3) is 3.52. The highest BCUT2D eigenvalue weighted by Gasteiger charge is 2.48. The van der Waals surface area contributed by atoms with Crippen LogP contribution in [0.2, 0.25) is 5.02 Å². The minimum absolute atomic E-state index is 0.0822. The van der Waals surface area contributed by atoms with E-state index < -0.39 is 23.5 Å². The molecule has 1 aliphatic heterocycles. The summed E-state index contributed by atoms with van der Waals surface area (Å²) in [5.41, 5.74) is 0.303. The van der Waals surface area contributed by atoms with E-state index in [4.69, 9.17) is 16.3 Å². The summed E-state index contributed by atoms with van der Waals surface area (Å²) in [4.78, 5) is 27.3. The largest absolute Gasteiger partial charge is 0.508 e. The second kappa shape index (κ2) is 8.28. The number of phenolic OH excluding ortho intramolecular Hbond substituents is 2. The van der Waals surface area contributed by atoms with E-state index in [1.165, 1.54) is 43.5 Å². The summed E-state index contributed by atoms with van der Waals surface area (Å²) in [5.74, 6) is -2.33. The molecule has 0 aliphatic carbocycles. The summed E-state index contributed by atoms with van der Waals surface area (Å²) in [6, 6.07) is 15.4. The number of phenols is 2. The van der Waals surface area contributed by atoms with Crippen molar-refractivity contribution in [3.05, 3.63) is 88.5 Å². The van der Waals surface area contributed by atoms with Crippen molar-refractivity contribution >= 4 is 34.7 Å². The van der Waals surface area contributed by atoms with Crippen LogP contribution in [0.4, 0.5) is 5.69 Å². The maximum absolute atomic E-state index is 13.1. The van der Waals surface area contributed by atoms with Crippen molar-refractivity contribution in [2.24, 2.45) is 0 Å². The van der Waals surface area contributed by atoms with E-state index in [1.54, 1.807) is 30.3 Å². The summed E-state index contributed by atoms with van der Waals surface area (Å²) in [7, 11) is 1.44. The zero-order valence-electron chi connectivity index (χ0n) is 16.8. The van der Waals surface area contributed by atoms with Crippen LogP contribution < -0.4 is 9.64 Å². The van der Waals surface area contributed by atoms with Gasteiger partial charge in [-0.2, -0.15) is 0 Å². The molecule has 3 aromatic carbocycles. The highest BCUT2D eigenvalue weighted by atomic mass is 35.5. The van der Waals surface area contributed by atoms with Gasteiger partial charge in [-0.05, 0) is 48.0 Å². The Morgan fingerprint density at radius 2 is 1.75 bits per heavy atom. The number of aromatic hydroxyl groups is 2. The number of hydrogen-bond donors (Lipinski definition) is 3. The molecule has 162 valence electrons. The molecule has 0 saturated carbocycles. The van der Waals surface area contributed by atoms with Gasteiger partial charge in [-0.3, -0.25) is 14.5 Å². The first-order valence-corrected chi connectivity index (χ1v) is 9.93. The first-order valence-electron chi connectivity index (χ1n) is 9.55. The Hall–Kier alpha value is -3.97. The number of methoxy groups -OCH3 is 1. The highest BCUT2D eigenvalue weighted by Crippen LogP contribution is 2.45. The van der Waals surface area contributed by atoms with Gasteiger partial charge in [0.2, 0.25) is 0 Å². The summed E-state index contributed by atoms with van der Waals surface area (Å²) in [6.07, 6.45) is 0.